The van der Waals surface area contributed by atoms with Gasteiger partial charge in [-0.2, -0.15) is 0 Å². The second-order valence-corrected chi connectivity index (χ2v) is 4.35. The van der Waals surface area contributed by atoms with Crippen molar-refractivity contribution in [3.8, 4) is 0 Å². The number of rotatable bonds is 3. The van der Waals surface area contributed by atoms with Crippen LogP contribution in [-0.4, -0.2) is 11.5 Å². The van der Waals surface area contributed by atoms with Crippen LogP contribution in [-0.2, 0) is 0 Å². The molecule has 1 aromatic carbocycles. The second kappa shape index (κ2) is 4.65. The lowest BCUT2D eigenvalue weighted by molar-refractivity contribution is 0.504. The van der Waals surface area contributed by atoms with Crippen LogP contribution < -0.4 is 5.32 Å². The molecule has 1 atom stereocenters. The van der Waals surface area contributed by atoms with Gasteiger partial charge in [-0.1, -0.05) is 6.92 Å². The van der Waals surface area contributed by atoms with Gasteiger partial charge >= 0.3 is 0 Å². The van der Waals surface area contributed by atoms with E-state index < -0.39 is 17.5 Å². The number of hydrogen-bond donors (Lipinski definition) is 2. The fourth-order valence-electron chi connectivity index (χ4n) is 2.36. The number of aryl methyl sites for hydroxylation is 1. The van der Waals surface area contributed by atoms with Gasteiger partial charge in [0.15, 0.2) is 11.6 Å². The average Bonchev–Trinajstić information content (AvgIpc) is 2.65. The molecule has 0 amide bonds. The van der Waals surface area contributed by atoms with Crippen LogP contribution in [0, 0.1) is 24.4 Å². The molecule has 2 aromatic rings. The largest absolute Gasteiger partial charge is 0.356 e. The molecule has 0 saturated carbocycles. The maximum absolute atomic E-state index is 13.9. The summed E-state index contributed by atoms with van der Waals surface area (Å²) in [6.45, 7) is 6.16. The quantitative estimate of drug-likeness (QED) is 0.807. The Morgan fingerprint density at radius 1 is 1.28 bits per heavy atom. The van der Waals surface area contributed by atoms with E-state index in [0.29, 0.717) is 23.9 Å². The van der Waals surface area contributed by atoms with Gasteiger partial charge in [-0.05, 0) is 20.4 Å². The van der Waals surface area contributed by atoms with Gasteiger partial charge in [0.05, 0.1) is 5.52 Å². The van der Waals surface area contributed by atoms with Gasteiger partial charge in [0, 0.05) is 28.8 Å². The smallest absolute Gasteiger partial charge is 0.168 e. The van der Waals surface area contributed by atoms with Crippen LogP contribution in [0.25, 0.3) is 10.9 Å². The zero-order valence-corrected chi connectivity index (χ0v) is 10.5. The van der Waals surface area contributed by atoms with Crippen LogP contribution in [0.2, 0.25) is 0 Å². The van der Waals surface area contributed by atoms with Gasteiger partial charge in [0.25, 0.3) is 0 Å². The third-order valence-electron chi connectivity index (χ3n) is 3.10. The fourth-order valence-corrected chi connectivity index (χ4v) is 2.36. The molecule has 0 aliphatic carbocycles. The summed E-state index contributed by atoms with van der Waals surface area (Å²) in [6.07, 6.45) is 0. The maximum atomic E-state index is 13.9. The van der Waals surface area contributed by atoms with Crippen LogP contribution in [0.4, 0.5) is 13.2 Å². The Morgan fingerprint density at radius 2 is 1.94 bits per heavy atom. The van der Waals surface area contributed by atoms with Crippen LogP contribution in [0.15, 0.2) is 6.07 Å². The molecule has 5 heteroatoms. The monoisotopic (exact) mass is 256 g/mol. The lowest BCUT2D eigenvalue weighted by Crippen LogP contribution is -2.18. The van der Waals surface area contributed by atoms with Crippen molar-refractivity contribution < 1.29 is 13.2 Å². The first-order valence-electron chi connectivity index (χ1n) is 5.86. The van der Waals surface area contributed by atoms with Crippen LogP contribution in [0.1, 0.15) is 31.1 Å². The fraction of sp³-hybridized carbons (Fsp3) is 0.385. The van der Waals surface area contributed by atoms with Crippen LogP contribution in [0.3, 0.4) is 0 Å². The average molecular weight is 256 g/mol. The molecule has 0 radical (unpaired) electrons. The Hall–Kier alpha value is -1.49. The summed E-state index contributed by atoms with van der Waals surface area (Å²) in [6, 6.07) is 0.384. The highest BCUT2D eigenvalue weighted by Gasteiger charge is 2.22. The summed E-state index contributed by atoms with van der Waals surface area (Å²) < 4.78 is 40.8. The predicted octanol–water partition coefficient (Wildman–Crippen LogP) is 3.56. The number of aromatic nitrogens is 1. The van der Waals surface area contributed by atoms with E-state index in [9.17, 15) is 13.2 Å². The van der Waals surface area contributed by atoms with Crippen molar-refractivity contribution in [2.24, 2.45) is 0 Å². The summed E-state index contributed by atoms with van der Waals surface area (Å²) in [5.74, 6) is -2.94. The van der Waals surface area contributed by atoms with E-state index in [4.69, 9.17) is 0 Å². The third kappa shape index (κ3) is 1.88. The third-order valence-corrected chi connectivity index (χ3v) is 3.10. The van der Waals surface area contributed by atoms with Gasteiger partial charge in [-0.3, -0.25) is 0 Å². The second-order valence-electron chi connectivity index (χ2n) is 4.35. The number of nitrogens with one attached hydrogen (secondary N) is 2. The minimum Gasteiger partial charge on any atom is -0.356 e. The van der Waals surface area contributed by atoms with Crippen molar-refractivity contribution in [1.82, 2.24) is 10.3 Å². The van der Waals surface area contributed by atoms with Crippen molar-refractivity contribution >= 4 is 10.9 Å². The number of H-pyrrole nitrogens is 1. The number of aromatic amines is 1. The molecule has 2 N–H and O–H groups in total. The van der Waals surface area contributed by atoms with Crippen molar-refractivity contribution in [3.63, 3.8) is 0 Å². The van der Waals surface area contributed by atoms with E-state index in [1.807, 2.05) is 13.8 Å². The molecule has 2 nitrogen and oxygen atoms in total. The molecule has 1 unspecified atom stereocenters. The van der Waals surface area contributed by atoms with Crippen molar-refractivity contribution in [1.29, 1.82) is 0 Å². The molecule has 0 fully saturated rings. The molecule has 18 heavy (non-hydrogen) atoms. The molecular formula is C13H15F3N2. The summed E-state index contributed by atoms with van der Waals surface area (Å²) in [5.41, 5.74) is 1.23. The first-order chi connectivity index (χ1) is 8.47. The van der Waals surface area contributed by atoms with Crippen molar-refractivity contribution in [2.45, 2.75) is 26.8 Å². The minimum absolute atomic E-state index is 0.00144. The number of benzene rings is 1. The molecule has 2 rings (SSSR count). The predicted molar refractivity (Wildman–Crippen MR) is 65.0 cm³/mol. The standard InChI is InChI=1S/C13H15F3N2/c1-4-17-6(2)10-7(3)18-13-9(15)5-8(14)12(16)11(10)13/h5-6,17-18H,4H2,1-3H3. The van der Waals surface area contributed by atoms with Gasteiger partial charge in [-0.25, -0.2) is 13.2 Å². The first kappa shape index (κ1) is 13.0. The number of fused-ring (bicyclic) bond motifs is 1. The lowest BCUT2D eigenvalue weighted by atomic mass is 10.0. The molecule has 0 aliphatic heterocycles. The Bertz CT molecular complexity index is 590. The molecule has 0 saturated heterocycles. The Labute approximate surface area is 103 Å². The summed E-state index contributed by atoms with van der Waals surface area (Å²) >= 11 is 0. The minimum atomic E-state index is -1.16. The number of halogens is 3. The Kier molecular flexibility index (Phi) is 3.34. The van der Waals surface area contributed by atoms with E-state index in [-0.39, 0.29) is 16.9 Å². The van der Waals surface area contributed by atoms with Crippen LogP contribution >= 0.6 is 0 Å². The highest BCUT2D eigenvalue weighted by molar-refractivity contribution is 5.86. The van der Waals surface area contributed by atoms with Crippen LogP contribution in [0.5, 0.6) is 0 Å². The van der Waals surface area contributed by atoms with E-state index in [1.54, 1.807) is 6.92 Å². The molecule has 1 heterocycles. The van der Waals surface area contributed by atoms with Gasteiger partial charge in [0.2, 0.25) is 0 Å². The normalized spacial score (nSPS) is 13.2. The molecule has 0 aliphatic rings. The molecule has 0 spiro atoms. The van der Waals surface area contributed by atoms with Crippen molar-refractivity contribution in [3.05, 3.63) is 34.8 Å². The lowest BCUT2D eigenvalue weighted by Gasteiger charge is -2.13. The number of hydrogen-bond acceptors (Lipinski definition) is 1. The first-order valence-corrected chi connectivity index (χ1v) is 5.86. The Balaban J connectivity index is 2.77. The van der Waals surface area contributed by atoms with Gasteiger partial charge in [-0.15, -0.1) is 0 Å². The summed E-state index contributed by atoms with van der Waals surface area (Å²) in [4.78, 5) is 2.78. The zero-order valence-electron chi connectivity index (χ0n) is 10.5. The molecule has 98 valence electrons. The maximum Gasteiger partial charge on any atom is 0.168 e. The molecular weight excluding hydrogens is 241 g/mol. The summed E-state index contributed by atoms with van der Waals surface area (Å²) in [5, 5.41) is 3.11. The summed E-state index contributed by atoms with van der Waals surface area (Å²) in [7, 11) is 0. The van der Waals surface area contributed by atoms with Gasteiger partial charge < -0.3 is 10.3 Å². The molecule has 0 bridgehead atoms. The topological polar surface area (TPSA) is 27.8 Å². The SMILES string of the molecule is CCNC(C)c1c(C)[nH]c2c(F)cc(F)c(F)c12. The van der Waals surface area contributed by atoms with E-state index in [2.05, 4.69) is 10.3 Å². The highest BCUT2D eigenvalue weighted by atomic mass is 19.2. The molecule has 1 aromatic heterocycles. The van der Waals surface area contributed by atoms with E-state index in [1.165, 1.54) is 0 Å². The van der Waals surface area contributed by atoms with E-state index >= 15 is 0 Å². The van der Waals surface area contributed by atoms with E-state index in [0.717, 1.165) is 0 Å². The van der Waals surface area contributed by atoms with Gasteiger partial charge in [0.1, 0.15) is 5.82 Å². The van der Waals surface area contributed by atoms with Crippen molar-refractivity contribution in [2.75, 3.05) is 6.54 Å². The Morgan fingerprint density at radius 3 is 2.56 bits per heavy atom. The zero-order chi connectivity index (χ0) is 13.4. The highest BCUT2D eigenvalue weighted by Crippen LogP contribution is 2.32.